The first-order valence-corrected chi connectivity index (χ1v) is 13.5. The normalized spacial score (nSPS) is 12.2. The third-order valence-corrected chi connectivity index (χ3v) is 6.45. The number of hydrogen-bond acceptors (Lipinski definition) is 7. The molecule has 2 N–H and O–H groups in total. The highest BCUT2D eigenvalue weighted by Crippen LogP contribution is 2.20. The minimum Gasteiger partial charge on any atom is -0.611 e. The lowest BCUT2D eigenvalue weighted by molar-refractivity contribution is -0.156. The van der Waals surface area contributed by atoms with E-state index in [1.54, 1.807) is 12.4 Å². The van der Waals surface area contributed by atoms with Gasteiger partial charge in [0.05, 0.1) is 0 Å². The summed E-state index contributed by atoms with van der Waals surface area (Å²) in [7, 11) is -2.17. The maximum Gasteiger partial charge on any atom is 0.410 e. The molecule has 0 fully saturated rings. The molecule has 1 aromatic heterocycles. The summed E-state index contributed by atoms with van der Waals surface area (Å²) < 4.78 is 9.26. The van der Waals surface area contributed by atoms with E-state index in [-0.39, 0.29) is 24.7 Å². The molecule has 0 radical (unpaired) electrons. The Morgan fingerprint density at radius 2 is 1.68 bits per heavy atom. The van der Waals surface area contributed by atoms with Gasteiger partial charge < -0.3 is 14.9 Å². The fraction of sp³-hybridized carbons (Fsp3) is 0.333. The van der Waals surface area contributed by atoms with E-state index in [1.165, 1.54) is 6.33 Å². The molecule has 1 unspecified atom stereocenters. The van der Waals surface area contributed by atoms with Crippen molar-refractivity contribution < 1.29 is 19.2 Å². The van der Waals surface area contributed by atoms with Crippen LogP contribution in [-0.4, -0.2) is 40.8 Å². The van der Waals surface area contributed by atoms with Gasteiger partial charge in [0.15, 0.2) is 20.3 Å². The molecular weight excluding hydrogens is 489 g/mol. The highest BCUT2D eigenvalue weighted by Gasteiger charge is 2.24. The fourth-order valence-corrected chi connectivity index (χ4v) is 4.49. The SMILES string of the molecule is CC(C)[C@H](N=[P+]([O-])CNC(=O)OCc1ccccc1)C(=O)NCCCc1ccc(-c2cncnc2)cc1. The average Bonchev–Trinajstić information content (AvgIpc) is 2.93. The van der Waals surface area contributed by atoms with Gasteiger partial charge in [0.1, 0.15) is 12.9 Å². The Labute approximate surface area is 218 Å². The number of alkyl carbamates (subject to hydrolysis) is 1. The Hall–Kier alpha value is -3.68. The number of rotatable bonds is 12. The molecule has 10 heteroatoms. The van der Waals surface area contributed by atoms with Crippen molar-refractivity contribution in [2.24, 2.45) is 10.7 Å². The van der Waals surface area contributed by atoms with Gasteiger partial charge in [0.2, 0.25) is 5.91 Å². The molecule has 2 aromatic carbocycles. The van der Waals surface area contributed by atoms with Gasteiger partial charge in [-0.1, -0.05) is 73.2 Å². The monoisotopic (exact) mass is 521 g/mol. The Balaban J connectivity index is 1.40. The van der Waals surface area contributed by atoms with Crippen LogP contribution in [0.15, 0.2) is 78.1 Å². The van der Waals surface area contributed by atoms with Crippen LogP contribution in [-0.2, 0) is 22.6 Å². The number of benzene rings is 2. The van der Waals surface area contributed by atoms with Crippen LogP contribution < -0.4 is 15.5 Å². The van der Waals surface area contributed by atoms with E-state index in [2.05, 4.69) is 37.5 Å². The maximum atomic E-state index is 12.7. The van der Waals surface area contributed by atoms with Gasteiger partial charge >= 0.3 is 6.09 Å². The largest absolute Gasteiger partial charge is 0.611 e. The number of carbonyl (C=O) groups excluding carboxylic acids is 2. The zero-order valence-electron chi connectivity index (χ0n) is 21.0. The molecule has 1 heterocycles. The lowest BCUT2D eigenvalue weighted by Crippen LogP contribution is -2.37. The lowest BCUT2D eigenvalue weighted by Gasteiger charge is -2.15. The first-order valence-electron chi connectivity index (χ1n) is 12.1. The minimum absolute atomic E-state index is 0.115. The Morgan fingerprint density at radius 1 is 0.973 bits per heavy atom. The summed E-state index contributed by atoms with van der Waals surface area (Å²) in [5.74, 6) is -0.414. The summed E-state index contributed by atoms with van der Waals surface area (Å²) in [5, 5.41) is 5.33. The second-order valence-electron chi connectivity index (χ2n) is 8.77. The van der Waals surface area contributed by atoms with Crippen molar-refractivity contribution in [3.63, 3.8) is 0 Å². The van der Waals surface area contributed by atoms with Crippen LogP contribution in [0.1, 0.15) is 31.4 Å². The van der Waals surface area contributed by atoms with Crippen molar-refractivity contribution in [2.45, 2.75) is 39.3 Å². The molecule has 0 aliphatic carbocycles. The van der Waals surface area contributed by atoms with Gasteiger partial charge in [0.25, 0.3) is 0 Å². The van der Waals surface area contributed by atoms with Gasteiger partial charge in [-0.25, -0.2) is 14.8 Å². The van der Waals surface area contributed by atoms with Gasteiger partial charge in [0, 0.05) is 24.5 Å². The smallest absolute Gasteiger partial charge is 0.410 e. The number of amides is 2. The van der Waals surface area contributed by atoms with Gasteiger partial charge in [-0.2, -0.15) is 0 Å². The Bertz CT molecular complexity index is 1160. The Kier molecular flexibility index (Phi) is 11.1. The molecule has 0 aliphatic rings. The van der Waals surface area contributed by atoms with Crippen molar-refractivity contribution in [1.82, 2.24) is 20.6 Å². The third kappa shape index (κ3) is 9.71. The predicted molar refractivity (Wildman–Crippen MR) is 141 cm³/mol. The van der Waals surface area contributed by atoms with Gasteiger partial charge in [-0.3, -0.25) is 10.1 Å². The molecule has 0 spiro atoms. The zero-order valence-corrected chi connectivity index (χ0v) is 21.9. The van der Waals surface area contributed by atoms with E-state index in [0.29, 0.717) is 6.54 Å². The summed E-state index contributed by atoms with van der Waals surface area (Å²) in [6.45, 7) is 4.28. The number of ether oxygens (including phenoxy) is 1. The average molecular weight is 522 g/mol. The van der Waals surface area contributed by atoms with E-state index in [9.17, 15) is 14.5 Å². The Morgan fingerprint density at radius 3 is 2.35 bits per heavy atom. The quantitative estimate of drug-likeness (QED) is 0.273. The minimum atomic E-state index is -2.17. The number of nitrogens with zero attached hydrogens (tertiary/aromatic N) is 3. The molecule has 9 nitrogen and oxygen atoms in total. The van der Waals surface area contributed by atoms with Gasteiger partial charge in [-0.05, 0) is 35.4 Å². The van der Waals surface area contributed by atoms with Crippen LogP contribution >= 0.6 is 7.94 Å². The van der Waals surface area contributed by atoms with Crippen LogP contribution in [0.5, 0.6) is 0 Å². The van der Waals surface area contributed by atoms with Gasteiger partial charge in [-0.15, -0.1) is 0 Å². The topological polar surface area (TPSA) is 129 Å². The summed E-state index contributed by atoms with van der Waals surface area (Å²) in [6.07, 6.45) is 5.74. The second-order valence-corrected chi connectivity index (χ2v) is 10.0. The van der Waals surface area contributed by atoms with E-state index in [1.807, 2.05) is 56.3 Å². The highest BCUT2D eigenvalue weighted by atomic mass is 31.1. The van der Waals surface area contributed by atoms with Crippen LogP contribution in [0.3, 0.4) is 0 Å². The lowest BCUT2D eigenvalue weighted by atomic mass is 10.0. The number of aryl methyl sites for hydroxylation is 1. The molecule has 2 amide bonds. The molecule has 0 bridgehead atoms. The van der Waals surface area contributed by atoms with Crippen molar-refractivity contribution in [3.8, 4) is 11.1 Å². The first kappa shape index (κ1) is 27.9. The number of nitrogens with one attached hydrogen (secondary N) is 2. The fourth-order valence-electron chi connectivity index (χ4n) is 3.50. The predicted octanol–water partition coefficient (Wildman–Crippen LogP) is 4.04. The van der Waals surface area contributed by atoms with E-state index in [0.717, 1.165) is 35.1 Å². The first-order chi connectivity index (χ1) is 17.9. The van der Waals surface area contributed by atoms with Crippen LogP contribution in [0.25, 0.3) is 11.1 Å². The van der Waals surface area contributed by atoms with E-state index < -0.39 is 20.1 Å². The molecule has 0 saturated carbocycles. The van der Waals surface area contributed by atoms with Crippen molar-refractivity contribution in [1.29, 1.82) is 0 Å². The molecule has 3 rings (SSSR count). The molecule has 0 aliphatic heterocycles. The summed E-state index contributed by atoms with van der Waals surface area (Å²) >= 11 is 0. The summed E-state index contributed by atoms with van der Waals surface area (Å²) in [4.78, 5) is 45.0. The van der Waals surface area contributed by atoms with Crippen molar-refractivity contribution in [3.05, 3.63) is 84.4 Å². The van der Waals surface area contributed by atoms with Crippen LogP contribution in [0, 0.1) is 5.92 Å². The number of aromatic nitrogens is 2. The van der Waals surface area contributed by atoms with Crippen LogP contribution in [0.4, 0.5) is 4.79 Å². The molecule has 0 saturated heterocycles. The second kappa shape index (κ2) is 14.8. The third-order valence-electron chi connectivity index (χ3n) is 5.51. The molecule has 2 atom stereocenters. The van der Waals surface area contributed by atoms with E-state index in [4.69, 9.17) is 4.74 Å². The molecule has 3 aromatic rings. The molecule has 194 valence electrons. The zero-order chi connectivity index (χ0) is 26.5. The number of hydrogen-bond donors (Lipinski definition) is 2. The van der Waals surface area contributed by atoms with Crippen molar-refractivity contribution in [2.75, 3.05) is 12.8 Å². The summed E-state index contributed by atoms with van der Waals surface area (Å²) in [5.41, 5.74) is 4.02. The van der Waals surface area contributed by atoms with Crippen LogP contribution in [0.2, 0.25) is 0 Å². The summed E-state index contributed by atoms with van der Waals surface area (Å²) in [6, 6.07) is 16.7. The maximum absolute atomic E-state index is 12.7. The van der Waals surface area contributed by atoms with E-state index >= 15 is 0 Å². The standard InChI is InChI=1S/C27H32N5O4P/c1-20(2)25(32-37(35)19-31-27(34)36-17-22-7-4-3-5-8-22)26(33)30-14-6-9-21-10-12-23(13-11-21)24-15-28-18-29-16-24/h3-5,7-8,10-13,15-16,18,20,25H,6,9,14,17,19H2,1-2H3,(H,30,33)(H,31,34)/t25-/m0/s1. The molecular formula is C27H32N5O4P. The van der Waals surface area contributed by atoms with Crippen molar-refractivity contribution >= 4 is 19.9 Å². The molecule has 37 heavy (non-hydrogen) atoms. The number of carbonyl (C=O) groups is 2. The highest BCUT2D eigenvalue weighted by molar-refractivity contribution is 7.39.